The predicted octanol–water partition coefficient (Wildman–Crippen LogP) is 3.60. The zero-order chi connectivity index (χ0) is 13.2. The molecule has 2 unspecified atom stereocenters. The topological polar surface area (TPSA) is 45.0 Å². The van der Waals surface area contributed by atoms with E-state index in [2.05, 4.69) is 25.4 Å². The summed E-state index contributed by atoms with van der Waals surface area (Å²) in [6.45, 7) is 5.19. The number of nitriles is 1. The zero-order valence-electron chi connectivity index (χ0n) is 12.0. The summed E-state index contributed by atoms with van der Waals surface area (Å²) in [5.41, 5.74) is 0. The Kier molecular flexibility index (Phi) is 7.84. The molecule has 2 atom stereocenters. The number of rotatable bonds is 10. The number of hydrogen-bond donors (Lipinski definition) is 1. The monoisotopic (exact) mass is 252 g/mol. The van der Waals surface area contributed by atoms with Crippen LogP contribution in [0.2, 0.25) is 0 Å². The Morgan fingerprint density at radius 1 is 1.17 bits per heavy atom. The van der Waals surface area contributed by atoms with E-state index < -0.39 is 0 Å². The van der Waals surface area contributed by atoms with Gasteiger partial charge in [0.15, 0.2) is 6.19 Å². The number of ether oxygens (including phenoxy) is 1. The lowest BCUT2D eigenvalue weighted by atomic mass is 9.84. The maximum Gasteiger partial charge on any atom is 0.176 e. The Morgan fingerprint density at radius 2 is 1.78 bits per heavy atom. The highest BCUT2D eigenvalue weighted by molar-refractivity contribution is 4.93. The van der Waals surface area contributed by atoms with Crippen molar-refractivity contribution in [3.63, 3.8) is 0 Å². The van der Waals surface area contributed by atoms with E-state index in [0.717, 1.165) is 0 Å². The van der Waals surface area contributed by atoms with Crippen LogP contribution in [0, 0.1) is 17.4 Å². The molecule has 1 aliphatic rings. The first-order valence-corrected chi connectivity index (χ1v) is 7.59. The minimum atomic E-state index is 0.267. The molecule has 0 aromatic heterocycles. The molecule has 18 heavy (non-hydrogen) atoms. The molecule has 0 saturated carbocycles. The molecule has 1 heterocycles. The van der Waals surface area contributed by atoms with E-state index in [-0.39, 0.29) is 12.1 Å². The summed E-state index contributed by atoms with van der Waals surface area (Å²) in [4.78, 5) is 0. The third-order valence-electron chi connectivity index (χ3n) is 3.94. The smallest absolute Gasteiger partial charge is 0.176 e. The van der Waals surface area contributed by atoms with E-state index in [0.29, 0.717) is 12.5 Å². The molecule has 3 heteroatoms. The fraction of sp³-hybridized carbons (Fsp3) is 0.933. The van der Waals surface area contributed by atoms with Gasteiger partial charge in [0.05, 0.1) is 18.8 Å². The number of nitrogens with zero attached hydrogens (tertiary/aromatic N) is 1. The molecule has 0 amide bonds. The molecular weight excluding hydrogens is 224 g/mol. The van der Waals surface area contributed by atoms with Crippen molar-refractivity contribution in [3.05, 3.63) is 0 Å². The molecule has 0 aromatic rings. The molecule has 1 rings (SSSR count). The lowest BCUT2D eigenvalue weighted by molar-refractivity contribution is -0.117. The lowest BCUT2D eigenvalue weighted by Crippen LogP contribution is -2.56. The van der Waals surface area contributed by atoms with Crippen LogP contribution in [0.15, 0.2) is 0 Å². The molecule has 0 aromatic carbocycles. The van der Waals surface area contributed by atoms with Gasteiger partial charge in [-0.15, -0.1) is 0 Å². The Bertz CT molecular complexity index is 239. The van der Waals surface area contributed by atoms with Crippen LogP contribution in [0.1, 0.15) is 65.2 Å². The third-order valence-corrected chi connectivity index (χ3v) is 3.94. The molecule has 0 radical (unpaired) electrons. The van der Waals surface area contributed by atoms with Crippen molar-refractivity contribution in [1.29, 1.82) is 5.26 Å². The quantitative estimate of drug-likeness (QED) is 0.367. The number of nitrogens with one attached hydrogen (secondary N) is 1. The Morgan fingerprint density at radius 3 is 2.17 bits per heavy atom. The molecule has 3 nitrogen and oxygen atoms in total. The van der Waals surface area contributed by atoms with Crippen LogP contribution in [0.5, 0.6) is 0 Å². The molecule has 0 aliphatic carbocycles. The predicted molar refractivity (Wildman–Crippen MR) is 74.1 cm³/mol. The molecule has 1 fully saturated rings. The molecule has 104 valence electrons. The fourth-order valence-electron chi connectivity index (χ4n) is 2.76. The van der Waals surface area contributed by atoms with Gasteiger partial charge in [-0.05, 0) is 18.8 Å². The molecular formula is C15H28N2O. The van der Waals surface area contributed by atoms with Crippen LogP contribution < -0.4 is 5.32 Å². The van der Waals surface area contributed by atoms with Gasteiger partial charge in [0.25, 0.3) is 0 Å². The van der Waals surface area contributed by atoms with Crippen LogP contribution in [0.3, 0.4) is 0 Å². The fourth-order valence-corrected chi connectivity index (χ4v) is 2.76. The maximum atomic E-state index is 8.71. The van der Waals surface area contributed by atoms with Gasteiger partial charge < -0.3 is 10.1 Å². The van der Waals surface area contributed by atoms with E-state index in [1.54, 1.807) is 0 Å². The van der Waals surface area contributed by atoms with Crippen molar-refractivity contribution >= 4 is 0 Å². The Labute approximate surface area is 112 Å². The first-order chi connectivity index (χ1) is 8.83. The van der Waals surface area contributed by atoms with E-state index in [1.807, 2.05) is 0 Å². The zero-order valence-corrected chi connectivity index (χ0v) is 12.0. The van der Waals surface area contributed by atoms with Crippen molar-refractivity contribution in [2.75, 3.05) is 6.61 Å². The molecule has 0 bridgehead atoms. The number of hydrogen-bond acceptors (Lipinski definition) is 3. The summed E-state index contributed by atoms with van der Waals surface area (Å²) in [5, 5.41) is 11.6. The Hall–Kier alpha value is -0.750. The summed E-state index contributed by atoms with van der Waals surface area (Å²) in [6.07, 6.45) is 12.6. The second-order valence-electron chi connectivity index (χ2n) is 5.41. The molecule has 1 N–H and O–H groups in total. The molecule has 1 aliphatic heterocycles. The highest BCUT2D eigenvalue weighted by Gasteiger charge is 2.37. The van der Waals surface area contributed by atoms with Gasteiger partial charge in [0, 0.05) is 0 Å². The van der Waals surface area contributed by atoms with E-state index >= 15 is 0 Å². The van der Waals surface area contributed by atoms with Gasteiger partial charge in [0.1, 0.15) is 0 Å². The summed E-state index contributed by atoms with van der Waals surface area (Å²) < 4.78 is 5.71. The summed E-state index contributed by atoms with van der Waals surface area (Å²) >= 11 is 0. The van der Waals surface area contributed by atoms with Crippen molar-refractivity contribution in [2.24, 2.45) is 5.92 Å². The van der Waals surface area contributed by atoms with E-state index in [1.165, 1.54) is 51.4 Å². The summed E-state index contributed by atoms with van der Waals surface area (Å²) in [5.74, 6) is 0.641. The Balaban J connectivity index is 2.35. The second-order valence-corrected chi connectivity index (χ2v) is 5.41. The largest absolute Gasteiger partial charge is 0.373 e. The van der Waals surface area contributed by atoms with Gasteiger partial charge >= 0.3 is 0 Å². The van der Waals surface area contributed by atoms with Crippen LogP contribution in [0.4, 0.5) is 0 Å². The van der Waals surface area contributed by atoms with E-state index in [9.17, 15) is 0 Å². The average Bonchev–Trinajstić information content (AvgIpc) is 2.35. The highest BCUT2D eigenvalue weighted by Crippen LogP contribution is 2.30. The lowest BCUT2D eigenvalue weighted by Gasteiger charge is -2.41. The van der Waals surface area contributed by atoms with Crippen molar-refractivity contribution in [2.45, 2.75) is 77.4 Å². The van der Waals surface area contributed by atoms with Gasteiger partial charge in [-0.1, -0.05) is 52.4 Å². The van der Waals surface area contributed by atoms with Crippen LogP contribution in [-0.2, 0) is 4.74 Å². The summed E-state index contributed by atoms with van der Waals surface area (Å²) in [6, 6.07) is 0.267. The van der Waals surface area contributed by atoms with Gasteiger partial charge in [-0.3, -0.25) is 0 Å². The first-order valence-electron chi connectivity index (χ1n) is 7.59. The van der Waals surface area contributed by atoms with Crippen molar-refractivity contribution in [1.82, 2.24) is 5.32 Å². The number of unbranched alkanes of at least 4 members (excludes halogenated alkanes) is 4. The third kappa shape index (κ3) is 4.86. The minimum absolute atomic E-state index is 0.267. The maximum absolute atomic E-state index is 8.71. The normalized spacial score (nSPS) is 22.6. The van der Waals surface area contributed by atoms with Gasteiger partial charge in [-0.2, -0.15) is 5.26 Å². The van der Waals surface area contributed by atoms with Crippen molar-refractivity contribution < 1.29 is 4.74 Å². The minimum Gasteiger partial charge on any atom is -0.373 e. The van der Waals surface area contributed by atoms with E-state index in [4.69, 9.17) is 10.00 Å². The van der Waals surface area contributed by atoms with Gasteiger partial charge in [-0.25, -0.2) is 0 Å². The molecule has 1 saturated heterocycles. The first kappa shape index (κ1) is 15.3. The van der Waals surface area contributed by atoms with Gasteiger partial charge in [0.2, 0.25) is 0 Å². The van der Waals surface area contributed by atoms with Crippen LogP contribution in [0.25, 0.3) is 0 Å². The standard InChI is InChI=1S/C15H28N2O/c1-3-5-7-9-13(10-8-6-4-2)15-14(11-18-15)17-12-16/h13-15,17H,3-11H2,1-2H3. The average molecular weight is 252 g/mol. The summed E-state index contributed by atoms with van der Waals surface area (Å²) in [7, 11) is 0. The van der Waals surface area contributed by atoms with Crippen LogP contribution >= 0.6 is 0 Å². The SMILES string of the molecule is CCCCCC(CCCCC)C1OCC1NC#N. The molecule has 0 spiro atoms. The van der Waals surface area contributed by atoms with Crippen molar-refractivity contribution in [3.8, 4) is 6.19 Å². The second kappa shape index (κ2) is 9.22. The highest BCUT2D eigenvalue weighted by atomic mass is 16.5. The van der Waals surface area contributed by atoms with Crippen LogP contribution in [-0.4, -0.2) is 18.8 Å².